The van der Waals surface area contributed by atoms with Gasteiger partial charge >= 0.3 is 0 Å². The minimum Gasteiger partial charge on any atom is -0.303 e. The standard InChI is InChI=1S/C9H13NO2/c10-9(12-11)7-6-8-4-2-1-3-5-8/h1-5,9,11H,6-7,10H2. The molecule has 1 atom stereocenters. The monoisotopic (exact) mass is 167 g/mol. The number of nitrogens with two attached hydrogens (primary N) is 1. The third kappa shape index (κ3) is 3.00. The summed E-state index contributed by atoms with van der Waals surface area (Å²) in [4.78, 5) is 3.95. The molecule has 3 N–H and O–H groups in total. The van der Waals surface area contributed by atoms with Gasteiger partial charge in [0.2, 0.25) is 0 Å². The minimum atomic E-state index is -0.579. The number of hydrogen-bond acceptors (Lipinski definition) is 3. The van der Waals surface area contributed by atoms with Gasteiger partial charge in [0.25, 0.3) is 0 Å². The predicted molar refractivity (Wildman–Crippen MR) is 46.5 cm³/mol. The maximum Gasteiger partial charge on any atom is 0.141 e. The van der Waals surface area contributed by atoms with Crippen molar-refractivity contribution in [1.82, 2.24) is 0 Å². The molecule has 0 aliphatic carbocycles. The average Bonchev–Trinajstić information content (AvgIpc) is 2.16. The van der Waals surface area contributed by atoms with Gasteiger partial charge in [-0.25, -0.2) is 4.89 Å². The lowest BCUT2D eigenvalue weighted by Crippen LogP contribution is -2.22. The second kappa shape index (κ2) is 4.87. The van der Waals surface area contributed by atoms with Gasteiger partial charge in [0.05, 0.1) is 0 Å². The molecule has 66 valence electrons. The molecule has 0 heterocycles. The maximum atomic E-state index is 8.19. The molecule has 0 spiro atoms. The molecule has 1 aromatic rings. The Labute approximate surface area is 71.7 Å². The van der Waals surface area contributed by atoms with E-state index in [9.17, 15) is 0 Å². The first kappa shape index (κ1) is 9.19. The van der Waals surface area contributed by atoms with Gasteiger partial charge in [-0.15, -0.1) is 0 Å². The lowest BCUT2D eigenvalue weighted by molar-refractivity contribution is -0.278. The second-order valence-corrected chi connectivity index (χ2v) is 2.67. The summed E-state index contributed by atoms with van der Waals surface area (Å²) in [6.07, 6.45) is 0.869. The summed E-state index contributed by atoms with van der Waals surface area (Å²) in [6, 6.07) is 9.95. The van der Waals surface area contributed by atoms with Crippen LogP contribution < -0.4 is 5.73 Å². The Bertz CT molecular complexity index is 213. The lowest BCUT2D eigenvalue weighted by Gasteiger charge is -2.06. The fourth-order valence-electron chi connectivity index (χ4n) is 1.01. The Hall–Kier alpha value is -0.900. The van der Waals surface area contributed by atoms with E-state index in [0.29, 0.717) is 6.42 Å². The van der Waals surface area contributed by atoms with Gasteiger partial charge in [-0.05, 0) is 18.4 Å². The fourth-order valence-corrected chi connectivity index (χ4v) is 1.01. The number of aryl methyl sites for hydroxylation is 1. The van der Waals surface area contributed by atoms with Crippen molar-refractivity contribution in [1.29, 1.82) is 0 Å². The predicted octanol–water partition coefficient (Wildman–Crippen LogP) is 1.39. The average molecular weight is 167 g/mol. The van der Waals surface area contributed by atoms with Crippen LogP contribution in [0.15, 0.2) is 30.3 Å². The second-order valence-electron chi connectivity index (χ2n) is 2.67. The van der Waals surface area contributed by atoms with E-state index >= 15 is 0 Å². The molecular formula is C9H13NO2. The Kier molecular flexibility index (Phi) is 3.73. The number of hydrogen-bond donors (Lipinski definition) is 2. The Morgan fingerprint density at radius 3 is 2.58 bits per heavy atom. The molecule has 3 nitrogen and oxygen atoms in total. The van der Waals surface area contributed by atoms with Crippen LogP contribution in [-0.2, 0) is 11.3 Å². The summed E-state index contributed by atoms with van der Waals surface area (Å²) in [6.45, 7) is 0. The maximum absolute atomic E-state index is 8.19. The van der Waals surface area contributed by atoms with Crippen LogP contribution in [0.4, 0.5) is 0 Å². The highest BCUT2D eigenvalue weighted by Gasteiger charge is 2.00. The third-order valence-electron chi connectivity index (χ3n) is 1.70. The molecule has 0 bridgehead atoms. The largest absolute Gasteiger partial charge is 0.303 e. The zero-order valence-corrected chi connectivity index (χ0v) is 6.81. The zero-order chi connectivity index (χ0) is 8.81. The van der Waals surface area contributed by atoms with Crippen molar-refractivity contribution in [2.45, 2.75) is 19.1 Å². The van der Waals surface area contributed by atoms with Crippen LogP contribution in [0.5, 0.6) is 0 Å². The van der Waals surface area contributed by atoms with Crippen molar-refractivity contribution in [3.8, 4) is 0 Å². The van der Waals surface area contributed by atoms with E-state index < -0.39 is 6.23 Å². The third-order valence-corrected chi connectivity index (χ3v) is 1.70. The Morgan fingerprint density at radius 2 is 2.00 bits per heavy atom. The summed E-state index contributed by atoms with van der Waals surface area (Å²) >= 11 is 0. The molecule has 3 heteroatoms. The highest BCUT2D eigenvalue weighted by molar-refractivity contribution is 5.14. The van der Waals surface area contributed by atoms with Gasteiger partial charge < -0.3 is 5.73 Å². The first-order valence-electron chi connectivity index (χ1n) is 3.92. The topological polar surface area (TPSA) is 55.5 Å². The summed E-state index contributed by atoms with van der Waals surface area (Å²) in [5, 5.41) is 8.19. The highest BCUT2D eigenvalue weighted by Crippen LogP contribution is 2.03. The van der Waals surface area contributed by atoms with Crippen LogP contribution in [0.2, 0.25) is 0 Å². The van der Waals surface area contributed by atoms with Crippen molar-refractivity contribution in [2.24, 2.45) is 5.73 Å². The van der Waals surface area contributed by atoms with Crippen LogP contribution in [0.25, 0.3) is 0 Å². The summed E-state index contributed by atoms with van der Waals surface area (Å²) in [5.74, 6) is 0. The van der Waals surface area contributed by atoms with E-state index in [2.05, 4.69) is 4.89 Å². The van der Waals surface area contributed by atoms with Gasteiger partial charge in [0, 0.05) is 0 Å². The van der Waals surface area contributed by atoms with E-state index in [0.717, 1.165) is 6.42 Å². The minimum absolute atomic E-state index is 0.579. The van der Waals surface area contributed by atoms with E-state index in [-0.39, 0.29) is 0 Å². The molecule has 12 heavy (non-hydrogen) atoms. The molecule has 0 aliphatic heterocycles. The molecule has 0 saturated carbocycles. The van der Waals surface area contributed by atoms with Gasteiger partial charge in [-0.1, -0.05) is 30.3 Å². The molecule has 0 radical (unpaired) electrons. The van der Waals surface area contributed by atoms with E-state index in [1.807, 2.05) is 30.3 Å². The molecule has 1 rings (SSSR count). The normalized spacial score (nSPS) is 12.8. The Balaban J connectivity index is 2.33. The quantitative estimate of drug-likeness (QED) is 0.405. The van der Waals surface area contributed by atoms with E-state index in [1.165, 1.54) is 5.56 Å². The summed E-state index contributed by atoms with van der Waals surface area (Å²) < 4.78 is 0. The Morgan fingerprint density at radius 1 is 1.33 bits per heavy atom. The summed E-state index contributed by atoms with van der Waals surface area (Å²) in [7, 11) is 0. The van der Waals surface area contributed by atoms with Gasteiger partial charge in [0.15, 0.2) is 0 Å². The lowest BCUT2D eigenvalue weighted by atomic mass is 10.1. The molecule has 0 saturated heterocycles. The van der Waals surface area contributed by atoms with E-state index in [4.69, 9.17) is 11.0 Å². The van der Waals surface area contributed by atoms with Gasteiger partial charge in [-0.3, -0.25) is 5.26 Å². The van der Waals surface area contributed by atoms with Crippen LogP contribution in [0, 0.1) is 0 Å². The summed E-state index contributed by atoms with van der Waals surface area (Å²) in [5.41, 5.74) is 6.55. The molecule has 0 aromatic heterocycles. The first-order chi connectivity index (χ1) is 5.83. The van der Waals surface area contributed by atoms with Crippen LogP contribution >= 0.6 is 0 Å². The van der Waals surface area contributed by atoms with Gasteiger partial charge in [0.1, 0.15) is 6.23 Å². The SMILES string of the molecule is NC(CCc1ccccc1)OO. The van der Waals surface area contributed by atoms with Crippen LogP contribution in [-0.4, -0.2) is 11.5 Å². The fraction of sp³-hybridized carbons (Fsp3) is 0.333. The number of benzene rings is 1. The van der Waals surface area contributed by atoms with E-state index in [1.54, 1.807) is 0 Å². The van der Waals surface area contributed by atoms with Gasteiger partial charge in [-0.2, -0.15) is 0 Å². The first-order valence-corrected chi connectivity index (χ1v) is 3.92. The van der Waals surface area contributed by atoms with Crippen molar-refractivity contribution in [3.63, 3.8) is 0 Å². The van der Waals surface area contributed by atoms with Crippen molar-refractivity contribution in [3.05, 3.63) is 35.9 Å². The zero-order valence-electron chi connectivity index (χ0n) is 6.81. The van der Waals surface area contributed by atoms with Crippen molar-refractivity contribution < 1.29 is 10.1 Å². The molecule has 0 amide bonds. The molecule has 0 aliphatic rings. The van der Waals surface area contributed by atoms with Crippen molar-refractivity contribution in [2.75, 3.05) is 0 Å². The molecular weight excluding hydrogens is 154 g/mol. The van der Waals surface area contributed by atoms with Crippen molar-refractivity contribution >= 4 is 0 Å². The number of rotatable bonds is 4. The molecule has 1 aromatic carbocycles. The van der Waals surface area contributed by atoms with Crippen LogP contribution in [0.3, 0.4) is 0 Å². The molecule has 0 fully saturated rings. The van der Waals surface area contributed by atoms with Crippen LogP contribution in [0.1, 0.15) is 12.0 Å². The smallest absolute Gasteiger partial charge is 0.141 e. The highest BCUT2D eigenvalue weighted by atomic mass is 17.1. The molecule has 1 unspecified atom stereocenters.